The number of nitrogens with two attached hydrogens (primary N) is 2. The van der Waals surface area contributed by atoms with Crippen LogP contribution in [0.15, 0.2) is 0 Å². The Hall–Kier alpha value is -0.610. The van der Waals surface area contributed by atoms with Crippen molar-refractivity contribution in [2.24, 2.45) is 11.5 Å². The van der Waals surface area contributed by atoms with E-state index in [4.69, 9.17) is 16.2 Å². The van der Waals surface area contributed by atoms with E-state index in [0.29, 0.717) is 0 Å². The summed E-state index contributed by atoms with van der Waals surface area (Å²) in [5.41, 5.74) is 9.93. The van der Waals surface area contributed by atoms with Crippen molar-refractivity contribution in [2.75, 3.05) is 0 Å². The lowest BCUT2D eigenvalue weighted by atomic mass is 10.2. The topological polar surface area (TPSA) is 78.3 Å². The highest BCUT2D eigenvalue weighted by Crippen LogP contribution is 2.07. The van der Waals surface area contributed by atoms with Crippen molar-refractivity contribution >= 4 is 5.97 Å². The molecule has 0 aromatic rings. The molecular formula is C7H16N2O2. The smallest absolute Gasteiger partial charge is 0.309 e. The Bertz CT molecular complexity index is 138. The predicted octanol–water partition coefficient (Wildman–Crippen LogP) is -0.0383. The van der Waals surface area contributed by atoms with E-state index in [0.717, 1.165) is 0 Å². The fourth-order valence-corrected chi connectivity index (χ4v) is 0.576. The zero-order valence-electron chi connectivity index (χ0n) is 7.26. The summed E-state index contributed by atoms with van der Waals surface area (Å²) in [5, 5.41) is 0. The van der Waals surface area contributed by atoms with E-state index in [2.05, 4.69) is 0 Å². The van der Waals surface area contributed by atoms with Crippen LogP contribution in [0.5, 0.6) is 0 Å². The molecule has 0 unspecified atom stereocenters. The lowest BCUT2D eigenvalue weighted by Crippen LogP contribution is -2.35. The van der Waals surface area contributed by atoms with E-state index in [9.17, 15) is 4.79 Å². The van der Waals surface area contributed by atoms with Crippen LogP contribution in [0.2, 0.25) is 0 Å². The lowest BCUT2D eigenvalue weighted by molar-refractivity contribution is -0.155. The maximum atomic E-state index is 10.9. The van der Waals surface area contributed by atoms with Crippen LogP contribution in [0.4, 0.5) is 0 Å². The largest absolute Gasteiger partial charge is 0.460 e. The molecule has 0 bridgehead atoms. The van der Waals surface area contributed by atoms with Gasteiger partial charge in [-0.1, -0.05) is 0 Å². The Kier molecular flexibility index (Phi) is 3.48. The van der Waals surface area contributed by atoms with E-state index in [1.165, 1.54) is 0 Å². The van der Waals surface area contributed by atoms with Crippen LogP contribution in [0.3, 0.4) is 0 Å². The molecule has 0 spiro atoms. The van der Waals surface area contributed by atoms with Crippen molar-refractivity contribution < 1.29 is 9.53 Å². The summed E-state index contributed by atoms with van der Waals surface area (Å²) in [5.74, 6) is -0.354. The molecule has 0 saturated carbocycles. The highest BCUT2D eigenvalue weighted by Gasteiger charge is 2.16. The van der Waals surface area contributed by atoms with E-state index >= 15 is 0 Å². The summed E-state index contributed by atoms with van der Waals surface area (Å²) in [4.78, 5) is 10.9. The van der Waals surface area contributed by atoms with E-state index < -0.39 is 11.8 Å². The molecule has 66 valence electrons. The normalized spacial score (nSPS) is 11.8. The Morgan fingerprint density at radius 3 is 2.18 bits per heavy atom. The van der Waals surface area contributed by atoms with Gasteiger partial charge in [-0.15, -0.1) is 0 Å². The minimum Gasteiger partial charge on any atom is -0.460 e. The van der Waals surface area contributed by atoms with Gasteiger partial charge in [-0.3, -0.25) is 4.79 Å². The summed E-state index contributed by atoms with van der Waals surface area (Å²) in [6, 6.07) is 0. The minimum atomic E-state index is -0.621. The number of esters is 1. The molecule has 0 heterocycles. The number of ether oxygens (including phenoxy) is 1. The van der Waals surface area contributed by atoms with Gasteiger partial charge in [0.05, 0.1) is 12.6 Å². The molecule has 0 aliphatic rings. The maximum Gasteiger partial charge on any atom is 0.309 e. The molecule has 4 heteroatoms. The number of carbonyl (C=O) groups excluding carboxylic acids is 1. The van der Waals surface area contributed by atoms with E-state index in [1.54, 1.807) is 20.8 Å². The third-order valence-corrected chi connectivity index (χ3v) is 0.822. The van der Waals surface area contributed by atoms with Crippen molar-refractivity contribution in [1.29, 1.82) is 0 Å². The molecule has 0 saturated heterocycles. The van der Waals surface area contributed by atoms with Crippen molar-refractivity contribution in [3.8, 4) is 0 Å². The zero-order chi connectivity index (χ0) is 9.07. The van der Waals surface area contributed by atoms with E-state index in [-0.39, 0.29) is 12.4 Å². The average molecular weight is 160 g/mol. The van der Waals surface area contributed by atoms with Crippen LogP contribution < -0.4 is 11.5 Å². The summed E-state index contributed by atoms with van der Waals surface area (Å²) in [6.07, 6.45) is -0.554. The van der Waals surface area contributed by atoms with Gasteiger partial charge in [-0.25, -0.2) is 0 Å². The van der Waals surface area contributed by atoms with Gasteiger partial charge in [0.2, 0.25) is 0 Å². The third kappa shape index (κ3) is 7.29. The van der Waals surface area contributed by atoms with Gasteiger partial charge < -0.3 is 16.2 Å². The molecule has 0 radical (unpaired) electrons. The standard InChI is InChI=1S/C7H16N2O2/c1-7(2,3)11-6(10)4-5(8)9/h5H,4,8-9H2,1-3H3. The number of hydrogen-bond donors (Lipinski definition) is 2. The van der Waals surface area contributed by atoms with Crippen LogP contribution >= 0.6 is 0 Å². The lowest BCUT2D eigenvalue weighted by Gasteiger charge is -2.19. The van der Waals surface area contributed by atoms with Gasteiger partial charge in [0.1, 0.15) is 5.60 Å². The van der Waals surface area contributed by atoms with Gasteiger partial charge in [0.15, 0.2) is 0 Å². The first kappa shape index (κ1) is 10.4. The second kappa shape index (κ2) is 3.69. The van der Waals surface area contributed by atoms with Gasteiger partial charge in [-0.2, -0.15) is 0 Å². The molecule has 11 heavy (non-hydrogen) atoms. The minimum absolute atomic E-state index is 0.0667. The summed E-state index contributed by atoms with van der Waals surface area (Å²) in [6.45, 7) is 5.40. The monoisotopic (exact) mass is 160 g/mol. The van der Waals surface area contributed by atoms with Crippen LogP contribution in [-0.2, 0) is 9.53 Å². The molecular weight excluding hydrogens is 144 g/mol. The molecule has 0 aromatic heterocycles. The first-order valence-corrected chi connectivity index (χ1v) is 3.54. The molecule has 0 fully saturated rings. The van der Waals surface area contributed by atoms with Crippen molar-refractivity contribution in [2.45, 2.75) is 39.0 Å². The molecule has 0 aliphatic carbocycles. The first-order valence-electron chi connectivity index (χ1n) is 3.54. The molecule has 4 N–H and O–H groups in total. The highest BCUT2D eigenvalue weighted by atomic mass is 16.6. The summed E-state index contributed by atoms with van der Waals surface area (Å²) in [7, 11) is 0. The first-order chi connectivity index (χ1) is 4.81. The van der Waals surface area contributed by atoms with E-state index in [1.807, 2.05) is 0 Å². The molecule has 0 amide bonds. The molecule has 0 aromatic carbocycles. The third-order valence-electron chi connectivity index (χ3n) is 0.822. The Morgan fingerprint density at radius 2 is 1.91 bits per heavy atom. The van der Waals surface area contributed by atoms with Crippen LogP contribution in [0, 0.1) is 0 Å². The quantitative estimate of drug-likeness (QED) is 0.439. The van der Waals surface area contributed by atoms with Crippen LogP contribution in [-0.4, -0.2) is 17.7 Å². The fraction of sp³-hybridized carbons (Fsp3) is 0.857. The Morgan fingerprint density at radius 1 is 1.45 bits per heavy atom. The Balaban J connectivity index is 3.71. The van der Waals surface area contributed by atoms with Gasteiger partial charge in [-0.05, 0) is 20.8 Å². The van der Waals surface area contributed by atoms with Crippen molar-refractivity contribution in [1.82, 2.24) is 0 Å². The van der Waals surface area contributed by atoms with Crippen molar-refractivity contribution in [3.05, 3.63) is 0 Å². The average Bonchev–Trinajstić information content (AvgIpc) is 1.53. The fourth-order valence-electron chi connectivity index (χ4n) is 0.576. The molecule has 0 rings (SSSR count). The molecule has 4 nitrogen and oxygen atoms in total. The second-order valence-corrected chi connectivity index (χ2v) is 3.45. The van der Waals surface area contributed by atoms with Gasteiger partial charge in [0.25, 0.3) is 0 Å². The predicted molar refractivity (Wildman–Crippen MR) is 42.6 cm³/mol. The Labute approximate surface area is 66.9 Å². The molecule has 0 atom stereocenters. The van der Waals surface area contributed by atoms with Gasteiger partial charge in [0, 0.05) is 0 Å². The SMILES string of the molecule is CC(C)(C)OC(=O)CC(N)N. The van der Waals surface area contributed by atoms with Crippen LogP contribution in [0.1, 0.15) is 27.2 Å². The number of hydrogen-bond acceptors (Lipinski definition) is 4. The zero-order valence-corrected chi connectivity index (χ0v) is 7.26. The number of rotatable bonds is 2. The highest BCUT2D eigenvalue weighted by molar-refractivity contribution is 5.70. The van der Waals surface area contributed by atoms with Crippen molar-refractivity contribution in [3.63, 3.8) is 0 Å². The summed E-state index contributed by atoms with van der Waals surface area (Å²) >= 11 is 0. The number of carbonyl (C=O) groups is 1. The maximum absolute atomic E-state index is 10.9. The summed E-state index contributed by atoms with van der Waals surface area (Å²) < 4.78 is 4.95. The van der Waals surface area contributed by atoms with Crippen LogP contribution in [0.25, 0.3) is 0 Å². The second-order valence-electron chi connectivity index (χ2n) is 3.45. The molecule has 0 aliphatic heterocycles. The van der Waals surface area contributed by atoms with Gasteiger partial charge >= 0.3 is 5.97 Å².